The van der Waals surface area contributed by atoms with Crippen LogP contribution in [0.15, 0.2) is 36.4 Å². The Morgan fingerprint density at radius 3 is 2.43 bits per heavy atom. The summed E-state index contributed by atoms with van der Waals surface area (Å²) in [5.74, 6) is -0.631. The van der Waals surface area contributed by atoms with Crippen LogP contribution in [-0.2, 0) is 0 Å². The van der Waals surface area contributed by atoms with Gasteiger partial charge in [-0.3, -0.25) is 0 Å². The van der Waals surface area contributed by atoms with E-state index in [2.05, 4.69) is 5.32 Å². The highest BCUT2D eigenvalue weighted by molar-refractivity contribution is 6.33. The predicted octanol–water partition coefficient (Wildman–Crippen LogP) is 5.19. The van der Waals surface area contributed by atoms with Crippen LogP contribution < -0.4 is 10.1 Å². The highest BCUT2D eigenvalue weighted by atomic mass is 35.5. The number of nitrogens with one attached hydrogen (secondary N) is 1. The predicted molar refractivity (Wildman–Crippen MR) is 81.0 cm³/mol. The summed E-state index contributed by atoms with van der Waals surface area (Å²) in [6, 6.07) is 9.17. The van der Waals surface area contributed by atoms with Crippen molar-refractivity contribution in [1.29, 1.82) is 0 Å². The molecule has 2 rings (SSSR count). The third kappa shape index (κ3) is 3.85. The summed E-state index contributed by atoms with van der Waals surface area (Å²) >= 11 is 5.87. The molecule has 112 valence electrons. The molecular weight excluding hydrogens is 296 g/mol. The lowest BCUT2D eigenvalue weighted by molar-refractivity contribution is 0.340. The van der Waals surface area contributed by atoms with Crippen LogP contribution in [0.4, 0.5) is 14.5 Å². The van der Waals surface area contributed by atoms with Crippen molar-refractivity contribution >= 4 is 17.3 Å². The number of benzene rings is 2. The van der Waals surface area contributed by atoms with Gasteiger partial charge in [0.05, 0.1) is 17.3 Å². The van der Waals surface area contributed by atoms with Crippen LogP contribution >= 0.6 is 11.6 Å². The Hall–Kier alpha value is -1.81. The lowest BCUT2D eigenvalue weighted by atomic mass is 10.1. The van der Waals surface area contributed by atoms with Crippen LogP contribution in [0.2, 0.25) is 5.02 Å². The monoisotopic (exact) mass is 311 g/mol. The maximum atomic E-state index is 13.7. The van der Waals surface area contributed by atoms with Crippen molar-refractivity contribution in [1.82, 2.24) is 0 Å². The SMILES string of the molecule is CCOc1ccc(C(C)Nc2c(F)cc(F)cc2Cl)cc1. The van der Waals surface area contributed by atoms with E-state index in [1.54, 1.807) is 0 Å². The van der Waals surface area contributed by atoms with Crippen molar-refractivity contribution in [2.24, 2.45) is 0 Å². The molecule has 0 fully saturated rings. The average molecular weight is 312 g/mol. The zero-order valence-corrected chi connectivity index (χ0v) is 12.5. The van der Waals surface area contributed by atoms with E-state index in [9.17, 15) is 8.78 Å². The molecule has 0 bridgehead atoms. The molecule has 0 saturated heterocycles. The Morgan fingerprint density at radius 2 is 1.86 bits per heavy atom. The molecule has 1 unspecified atom stereocenters. The van der Waals surface area contributed by atoms with Gasteiger partial charge < -0.3 is 10.1 Å². The van der Waals surface area contributed by atoms with Crippen LogP contribution in [0.25, 0.3) is 0 Å². The first-order valence-corrected chi connectivity index (χ1v) is 7.03. The van der Waals surface area contributed by atoms with Gasteiger partial charge in [-0.2, -0.15) is 0 Å². The number of hydrogen-bond acceptors (Lipinski definition) is 2. The quantitative estimate of drug-likeness (QED) is 0.820. The van der Waals surface area contributed by atoms with Crippen LogP contribution in [0.3, 0.4) is 0 Å². The standard InChI is InChI=1S/C16H16ClF2NO/c1-3-21-13-6-4-11(5-7-13)10(2)20-16-14(17)8-12(18)9-15(16)19/h4-10,20H,3H2,1-2H3. The molecule has 0 saturated carbocycles. The molecule has 0 aliphatic carbocycles. The molecule has 21 heavy (non-hydrogen) atoms. The van der Waals surface area contributed by atoms with Gasteiger partial charge in [-0.25, -0.2) is 8.78 Å². The smallest absolute Gasteiger partial charge is 0.150 e. The molecule has 1 atom stereocenters. The van der Waals surface area contributed by atoms with Gasteiger partial charge >= 0.3 is 0 Å². The highest BCUT2D eigenvalue weighted by Gasteiger charge is 2.13. The lowest BCUT2D eigenvalue weighted by Gasteiger charge is -2.18. The fourth-order valence-electron chi connectivity index (χ4n) is 2.00. The van der Waals surface area contributed by atoms with Gasteiger partial charge in [-0.15, -0.1) is 0 Å². The molecule has 0 spiro atoms. The molecule has 0 aliphatic heterocycles. The Balaban J connectivity index is 2.16. The third-order valence-electron chi connectivity index (χ3n) is 3.06. The van der Waals surface area contributed by atoms with E-state index in [1.165, 1.54) is 0 Å². The second-order valence-corrected chi connectivity index (χ2v) is 5.02. The van der Waals surface area contributed by atoms with Crippen LogP contribution in [-0.4, -0.2) is 6.61 Å². The minimum Gasteiger partial charge on any atom is -0.494 e. The summed E-state index contributed by atoms with van der Waals surface area (Å²) in [4.78, 5) is 0. The molecule has 0 aliphatic rings. The van der Waals surface area contributed by atoms with E-state index in [1.807, 2.05) is 38.1 Å². The van der Waals surface area contributed by atoms with E-state index in [-0.39, 0.29) is 16.8 Å². The third-order valence-corrected chi connectivity index (χ3v) is 3.36. The Morgan fingerprint density at radius 1 is 1.19 bits per heavy atom. The minimum absolute atomic E-state index is 0.0188. The number of halogens is 3. The van der Waals surface area contributed by atoms with Crippen molar-refractivity contribution in [3.05, 3.63) is 58.6 Å². The zero-order valence-electron chi connectivity index (χ0n) is 11.8. The summed E-state index contributed by atoms with van der Waals surface area (Å²) in [5.41, 5.74) is 1.04. The van der Waals surface area contributed by atoms with Crippen LogP contribution in [0, 0.1) is 11.6 Å². The molecule has 0 amide bonds. The zero-order chi connectivity index (χ0) is 15.4. The normalized spacial score (nSPS) is 12.0. The molecule has 0 radical (unpaired) electrons. The molecule has 2 aromatic rings. The molecule has 0 heterocycles. The van der Waals surface area contributed by atoms with Crippen molar-refractivity contribution in [2.45, 2.75) is 19.9 Å². The van der Waals surface area contributed by atoms with Gasteiger partial charge in [0.2, 0.25) is 0 Å². The fourth-order valence-corrected chi connectivity index (χ4v) is 2.25. The summed E-state index contributed by atoms with van der Waals surface area (Å²) in [6.07, 6.45) is 0. The van der Waals surface area contributed by atoms with E-state index >= 15 is 0 Å². The number of hydrogen-bond donors (Lipinski definition) is 1. The topological polar surface area (TPSA) is 21.3 Å². The Kier molecular flexibility index (Phi) is 5.02. The van der Waals surface area contributed by atoms with Crippen molar-refractivity contribution in [3.63, 3.8) is 0 Å². The summed E-state index contributed by atoms with van der Waals surface area (Å²) in [7, 11) is 0. The number of ether oxygens (including phenoxy) is 1. The Bertz CT molecular complexity index is 593. The summed E-state index contributed by atoms with van der Waals surface area (Å²) in [6.45, 7) is 4.38. The van der Waals surface area contributed by atoms with Crippen LogP contribution in [0.5, 0.6) is 5.75 Å². The highest BCUT2D eigenvalue weighted by Crippen LogP contribution is 2.30. The first kappa shape index (κ1) is 15.6. The van der Waals surface area contributed by atoms with Gasteiger partial charge in [0.1, 0.15) is 11.6 Å². The largest absolute Gasteiger partial charge is 0.494 e. The van der Waals surface area contributed by atoms with E-state index in [0.717, 1.165) is 23.4 Å². The molecule has 1 N–H and O–H groups in total. The van der Waals surface area contributed by atoms with Gasteiger partial charge in [0.15, 0.2) is 5.82 Å². The van der Waals surface area contributed by atoms with Crippen molar-refractivity contribution in [3.8, 4) is 5.75 Å². The summed E-state index contributed by atoms with van der Waals surface area (Å²) < 4.78 is 32.1. The number of anilines is 1. The Labute approximate surface area is 127 Å². The average Bonchev–Trinajstić information content (AvgIpc) is 2.43. The summed E-state index contributed by atoms with van der Waals surface area (Å²) in [5, 5.41) is 2.98. The van der Waals surface area contributed by atoms with E-state index in [0.29, 0.717) is 6.61 Å². The molecule has 0 aromatic heterocycles. The van der Waals surface area contributed by atoms with Crippen molar-refractivity contribution in [2.75, 3.05) is 11.9 Å². The molecular formula is C16H16ClF2NO. The maximum Gasteiger partial charge on any atom is 0.150 e. The number of rotatable bonds is 5. The maximum absolute atomic E-state index is 13.7. The van der Waals surface area contributed by atoms with Gasteiger partial charge in [0, 0.05) is 12.1 Å². The van der Waals surface area contributed by atoms with Gasteiger partial charge in [-0.1, -0.05) is 23.7 Å². The second-order valence-electron chi connectivity index (χ2n) is 4.61. The first-order chi connectivity index (χ1) is 10.0. The first-order valence-electron chi connectivity index (χ1n) is 6.65. The van der Waals surface area contributed by atoms with E-state index < -0.39 is 11.6 Å². The van der Waals surface area contributed by atoms with E-state index in [4.69, 9.17) is 16.3 Å². The second kappa shape index (κ2) is 6.76. The van der Waals surface area contributed by atoms with Crippen LogP contribution in [0.1, 0.15) is 25.5 Å². The molecule has 2 nitrogen and oxygen atoms in total. The lowest BCUT2D eigenvalue weighted by Crippen LogP contribution is -2.08. The minimum atomic E-state index is -0.710. The van der Waals surface area contributed by atoms with Gasteiger partial charge in [0.25, 0.3) is 0 Å². The van der Waals surface area contributed by atoms with Crippen molar-refractivity contribution < 1.29 is 13.5 Å². The van der Waals surface area contributed by atoms with Gasteiger partial charge in [-0.05, 0) is 37.6 Å². The molecule has 5 heteroatoms. The fraction of sp³-hybridized carbons (Fsp3) is 0.250. The molecule has 2 aromatic carbocycles.